The molecular formula is C15H10F3NS. The van der Waals surface area contributed by atoms with Gasteiger partial charge in [-0.1, -0.05) is 24.3 Å². The van der Waals surface area contributed by atoms with Crippen LogP contribution in [0.5, 0.6) is 0 Å². The summed E-state index contributed by atoms with van der Waals surface area (Å²) >= 11 is 4.58. The lowest BCUT2D eigenvalue weighted by atomic mass is 9.97. The Morgan fingerprint density at radius 2 is 1.80 bits per heavy atom. The number of aryl methyl sites for hydroxylation is 1. The van der Waals surface area contributed by atoms with Crippen molar-refractivity contribution in [3.8, 4) is 11.1 Å². The van der Waals surface area contributed by atoms with E-state index in [1.165, 1.54) is 6.07 Å². The van der Waals surface area contributed by atoms with Gasteiger partial charge in [0.2, 0.25) is 0 Å². The van der Waals surface area contributed by atoms with Gasteiger partial charge in [-0.2, -0.15) is 18.2 Å². The molecule has 5 heteroatoms. The minimum absolute atomic E-state index is 0.460. The van der Waals surface area contributed by atoms with E-state index in [1.807, 2.05) is 13.0 Å². The molecule has 0 unspecified atom stereocenters. The molecule has 0 radical (unpaired) electrons. The van der Waals surface area contributed by atoms with Crippen molar-refractivity contribution in [1.82, 2.24) is 0 Å². The van der Waals surface area contributed by atoms with Crippen molar-refractivity contribution in [1.29, 1.82) is 0 Å². The van der Waals surface area contributed by atoms with Crippen molar-refractivity contribution in [3.05, 3.63) is 53.6 Å². The van der Waals surface area contributed by atoms with Crippen LogP contribution in [0, 0.1) is 6.92 Å². The maximum absolute atomic E-state index is 12.8. The molecule has 2 aromatic rings. The second-order valence-corrected chi connectivity index (χ2v) is 4.43. The predicted octanol–water partition coefficient (Wildman–Crippen LogP) is 5.42. The molecule has 0 N–H and O–H groups in total. The highest BCUT2D eigenvalue weighted by Crippen LogP contribution is 2.37. The first kappa shape index (κ1) is 14.4. The number of thiocarbonyl (C=S) groups is 1. The second kappa shape index (κ2) is 5.57. The molecule has 1 nitrogen and oxygen atoms in total. The average molecular weight is 293 g/mol. The third-order valence-corrected chi connectivity index (χ3v) is 2.99. The Hall–Kier alpha value is -1.97. The molecule has 0 spiro atoms. The number of halogens is 3. The normalized spacial score (nSPS) is 11.0. The fraction of sp³-hybridized carbons (Fsp3) is 0.133. The number of hydrogen-bond acceptors (Lipinski definition) is 2. The summed E-state index contributed by atoms with van der Waals surface area (Å²) < 4.78 is 38.3. The summed E-state index contributed by atoms with van der Waals surface area (Å²) in [5, 5.41) is 2.25. The van der Waals surface area contributed by atoms with Gasteiger partial charge in [-0.05, 0) is 48.5 Å². The number of aliphatic imine (C=N–C) groups is 1. The highest BCUT2D eigenvalue weighted by atomic mass is 32.1. The maximum atomic E-state index is 12.8. The van der Waals surface area contributed by atoms with Crippen LogP contribution in [0.4, 0.5) is 18.9 Å². The Morgan fingerprint density at radius 3 is 2.45 bits per heavy atom. The van der Waals surface area contributed by atoms with Crippen LogP contribution in [-0.4, -0.2) is 5.16 Å². The van der Waals surface area contributed by atoms with Gasteiger partial charge in [0.1, 0.15) is 0 Å². The molecule has 2 rings (SSSR count). The third-order valence-electron chi connectivity index (χ3n) is 2.90. The molecule has 0 aliphatic rings. The van der Waals surface area contributed by atoms with Gasteiger partial charge >= 0.3 is 6.18 Å². The van der Waals surface area contributed by atoms with E-state index in [-0.39, 0.29) is 0 Å². The first-order valence-corrected chi connectivity index (χ1v) is 6.19. The number of alkyl halides is 3. The van der Waals surface area contributed by atoms with E-state index in [9.17, 15) is 13.2 Å². The van der Waals surface area contributed by atoms with Crippen LogP contribution in [0.3, 0.4) is 0 Å². The topological polar surface area (TPSA) is 12.4 Å². The Balaban J connectivity index is 2.66. The van der Waals surface area contributed by atoms with E-state index in [1.54, 1.807) is 18.2 Å². The van der Waals surface area contributed by atoms with Crippen LogP contribution >= 0.6 is 12.2 Å². The second-order valence-electron chi connectivity index (χ2n) is 4.25. The predicted molar refractivity (Wildman–Crippen MR) is 76.3 cm³/mol. The summed E-state index contributed by atoms with van der Waals surface area (Å²) in [6.07, 6.45) is -4.37. The zero-order chi connectivity index (χ0) is 14.8. The zero-order valence-corrected chi connectivity index (χ0v) is 11.3. The van der Waals surface area contributed by atoms with Crippen molar-refractivity contribution in [2.45, 2.75) is 13.1 Å². The Kier molecular flexibility index (Phi) is 4.02. The molecule has 0 amide bonds. The molecule has 0 heterocycles. The Morgan fingerprint density at radius 1 is 1.10 bits per heavy atom. The SMILES string of the molecule is Cc1cccc(N=C=S)c1-c1cccc(C(F)(F)F)c1. The number of isothiocyanates is 1. The minimum Gasteiger partial charge on any atom is -0.194 e. The van der Waals surface area contributed by atoms with Crippen LogP contribution in [-0.2, 0) is 6.18 Å². The molecule has 0 aliphatic heterocycles. The summed E-state index contributed by atoms with van der Waals surface area (Å²) in [6.45, 7) is 1.82. The molecule has 0 atom stereocenters. The van der Waals surface area contributed by atoms with E-state index in [4.69, 9.17) is 0 Å². The molecule has 20 heavy (non-hydrogen) atoms. The summed E-state index contributed by atoms with van der Waals surface area (Å²) in [5.41, 5.74) is 1.75. The third kappa shape index (κ3) is 2.95. The maximum Gasteiger partial charge on any atom is 0.416 e. The molecule has 2 aromatic carbocycles. The van der Waals surface area contributed by atoms with Gasteiger partial charge in [-0.3, -0.25) is 0 Å². The number of benzene rings is 2. The van der Waals surface area contributed by atoms with Crippen molar-refractivity contribution in [2.75, 3.05) is 0 Å². The highest BCUT2D eigenvalue weighted by molar-refractivity contribution is 7.78. The van der Waals surface area contributed by atoms with E-state index in [0.717, 1.165) is 17.7 Å². The molecule has 102 valence electrons. The highest BCUT2D eigenvalue weighted by Gasteiger charge is 2.30. The Labute approximate surface area is 119 Å². The van der Waals surface area contributed by atoms with E-state index in [0.29, 0.717) is 16.8 Å². The van der Waals surface area contributed by atoms with Crippen LogP contribution in [0.15, 0.2) is 47.5 Å². The zero-order valence-electron chi connectivity index (χ0n) is 10.5. The van der Waals surface area contributed by atoms with Gasteiger partial charge in [0.15, 0.2) is 0 Å². The first-order chi connectivity index (χ1) is 9.43. The van der Waals surface area contributed by atoms with Crippen LogP contribution < -0.4 is 0 Å². The Bertz CT molecular complexity index is 686. The summed E-state index contributed by atoms with van der Waals surface area (Å²) in [6, 6.07) is 10.5. The van der Waals surface area contributed by atoms with Crippen molar-refractivity contribution >= 4 is 23.1 Å². The van der Waals surface area contributed by atoms with Crippen LogP contribution in [0.25, 0.3) is 11.1 Å². The lowest BCUT2D eigenvalue weighted by Crippen LogP contribution is -2.04. The van der Waals surface area contributed by atoms with Crippen molar-refractivity contribution in [3.63, 3.8) is 0 Å². The summed E-state index contributed by atoms with van der Waals surface area (Å²) in [5.74, 6) is 0. The molecule has 0 saturated carbocycles. The lowest BCUT2D eigenvalue weighted by molar-refractivity contribution is -0.137. The minimum atomic E-state index is -4.37. The summed E-state index contributed by atoms with van der Waals surface area (Å²) in [7, 11) is 0. The van der Waals surface area contributed by atoms with Crippen molar-refractivity contribution < 1.29 is 13.2 Å². The van der Waals surface area contributed by atoms with Gasteiger partial charge in [-0.15, -0.1) is 0 Å². The fourth-order valence-corrected chi connectivity index (χ4v) is 2.12. The monoisotopic (exact) mass is 293 g/mol. The smallest absolute Gasteiger partial charge is 0.194 e. The lowest BCUT2D eigenvalue weighted by Gasteiger charge is -2.12. The fourth-order valence-electron chi connectivity index (χ4n) is 2.02. The van der Waals surface area contributed by atoms with E-state index in [2.05, 4.69) is 22.4 Å². The largest absolute Gasteiger partial charge is 0.416 e. The summed E-state index contributed by atoms with van der Waals surface area (Å²) in [4.78, 5) is 3.92. The number of nitrogens with zero attached hydrogens (tertiary/aromatic N) is 1. The van der Waals surface area contributed by atoms with Gasteiger partial charge in [0.25, 0.3) is 0 Å². The molecule has 0 aromatic heterocycles. The first-order valence-electron chi connectivity index (χ1n) is 5.78. The van der Waals surface area contributed by atoms with Gasteiger partial charge in [0, 0.05) is 5.56 Å². The quantitative estimate of drug-likeness (QED) is 0.532. The van der Waals surface area contributed by atoms with Crippen LogP contribution in [0.2, 0.25) is 0 Å². The molecular weight excluding hydrogens is 283 g/mol. The van der Waals surface area contributed by atoms with Gasteiger partial charge in [0.05, 0.1) is 16.4 Å². The van der Waals surface area contributed by atoms with E-state index < -0.39 is 11.7 Å². The number of hydrogen-bond donors (Lipinski definition) is 0. The molecule has 0 aliphatic carbocycles. The molecule has 0 fully saturated rings. The van der Waals surface area contributed by atoms with Crippen LogP contribution in [0.1, 0.15) is 11.1 Å². The average Bonchev–Trinajstić information content (AvgIpc) is 2.38. The number of rotatable bonds is 2. The molecule has 0 saturated heterocycles. The standard InChI is InChI=1S/C15H10F3NS/c1-10-4-2-7-13(19-9-20)14(10)11-5-3-6-12(8-11)15(16,17)18/h2-8H,1H3. The van der Waals surface area contributed by atoms with Gasteiger partial charge < -0.3 is 0 Å². The van der Waals surface area contributed by atoms with E-state index >= 15 is 0 Å². The van der Waals surface area contributed by atoms with Gasteiger partial charge in [-0.25, -0.2) is 0 Å². The molecule has 0 bridgehead atoms. The van der Waals surface area contributed by atoms with Crippen molar-refractivity contribution in [2.24, 2.45) is 4.99 Å².